The van der Waals surface area contributed by atoms with Crippen LogP contribution in [0.1, 0.15) is 17.4 Å². The van der Waals surface area contributed by atoms with E-state index in [0.717, 1.165) is 17.1 Å². The van der Waals surface area contributed by atoms with Crippen LogP contribution in [0.25, 0.3) is 10.7 Å². The Morgan fingerprint density at radius 2 is 2.00 bits per heavy atom. The molecule has 0 amide bonds. The predicted octanol–water partition coefficient (Wildman–Crippen LogP) is 2.78. The van der Waals surface area contributed by atoms with Crippen LogP contribution in [0.15, 0.2) is 47.8 Å². The number of aromatic nitrogens is 3. The number of rotatable bonds is 4. The molecule has 0 saturated carbocycles. The Bertz CT molecular complexity index is 631. The summed E-state index contributed by atoms with van der Waals surface area (Å²) in [4.78, 5) is 5.52. The van der Waals surface area contributed by atoms with E-state index in [4.69, 9.17) is 5.73 Å². The van der Waals surface area contributed by atoms with Crippen LogP contribution in [0, 0.1) is 0 Å². The summed E-state index contributed by atoms with van der Waals surface area (Å²) in [5.41, 5.74) is 7.36. The first-order valence-corrected chi connectivity index (χ1v) is 6.96. The highest BCUT2D eigenvalue weighted by molar-refractivity contribution is 7.13. The zero-order chi connectivity index (χ0) is 13.1. The smallest absolute Gasteiger partial charge is 0.191 e. The van der Waals surface area contributed by atoms with Gasteiger partial charge in [0.05, 0.1) is 10.9 Å². The molecule has 2 aromatic heterocycles. The van der Waals surface area contributed by atoms with Crippen LogP contribution in [0.3, 0.4) is 0 Å². The molecule has 2 heterocycles. The van der Waals surface area contributed by atoms with Crippen molar-refractivity contribution >= 4 is 11.3 Å². The fourth-order valence-corrected chi connectivity index (χ4v) is 2.58. The van der Waals surface area contributed by atoms with Gasteiger partial charge >= 0.3 is 0 Å². The second kappa shape index (κ2) is 5.34. The van der Waals surface area contributed by atoms with Crippen LogP contribution in [-0.2, 0) is 6.42 Å². The molecule has 3 aromatic rings. The zero-order valence-electron chi connectivity index (χ0n) is 10.3. The van der Waals surface area contributed by atoms with Gasteiger partial charge in [-0.05, 0) is 23.4 Å². The van der Waals surface area contributed by atoms with Crippen LogP contribution >= 0.6 is 11.3 Å². The van der Waals surface area contributed by atoms with Crippen molar-refractivity contribution in [2.24, 2.45) is 5.73 Å². The van der Waals surface area contributed by atoms with Crippen molar-refractivity contribution in [1.82, 2.24) is 15.2 Å². The topological polar surface area (TPSA) is 67.6 Å². The minimum Gasteiger partial charge on any atom is -0.321 e. The van der Waals surface area contributed by atoms with E-state index in [1.54, 1.807) is 11.3 Å². The van der Waals surface area contributed by atoms with Crippen molar-refractivity contribution in [1.29, 1.82) is 0 Å². The Kier molecular flexibility index (Phi) is 3.39. The van der Waals surface area contributed by atoms with E-state index in [0.29, 0.717) is 5.82 Å². The normalized spacial score (nSPS) is 12.5. The maximum absolute atomic E-state index is 6.16. The summed E-state index contributed by atoms with van der Waals surface area (Å²) in [7, 11) is 0. The molecule has 1 aromatic carbocycles. The summed E-state index contributed by atoms with van der Waals surface area (Å²) >= 11 is 1.62. The van der Waals surface area contributed by atoms with E-state index in [2.05, 4.69) is 27.3 Å². The molecule has 0 saturated heterocycles. The summed E-state index contributed by atoms with van der Waals surface area (Å²) in [6.45, 7) is 0. The molecule has 3 rings (SSSR count). The lowest BCUT2D eigenvalue weighted by Gasteiger charge is -2.07. The Hall–Kier alpha value is -1.98. The molecule has 19 heavy (non-hydrogen) atoms. The molecule has 0 aliphatic rings. The highest BCUT2D eigenvalue weighted by Crippen LogP contribution is 2.22. The summed E-state index contributed by atoms with van der Waals surface area (Å²) in [6, 6.07) is 14.0. The molecule has 0 spiro atoms. The van der Waals surface area contributed by atoms with E-state index in [1.807, 2.05) is 35.7 Å². The lowest BCUT2D eigenvalue weighted by Crippen LogP contribution is -2.15. The summed E-state index contributed by atoms with van der Waals surface area (Å²) in [6.07, 6.45) is 0.750. The lowest BCUT2D eigenvalue weighted by molar-refractivity contribution is 0.671. The highest BCUT2D eigenvalue weighted by Gasteiger charge is 2.13. The van der Waals surface area contributed by atoms with Crippen LogP contribution < -0.4 is 5.73 Å². The molecule has 0 unspecified atom stereocenters. The minimum atomic E-state index is -0.163. The average Bonchev–Trinajstić information content (AvgIpc) is 3.11. The Labute approximate surface area is 115 Å². The molecule has 1 atom stereocenters. The standard InChI is InChI=1S/C14H14N4S/c15-11(9-10-5-2-1-3-6-10)13-16-14(18-17-13)12-7-4-8-19-12/h1-8,11H,9,15H2,(H,16,17,18)/t11-/m0/s1. The number of nitrogens with one attached hydrogen (secondary N) is 1. The molecule has 5 heteroatoms. The summed E-state index contributed by atoms with van der Waals surface area (Å²) < 4.78 is 0. The second-order valence-electron chi connectivity index (χ2n) is 4.32. The maximum atomic E-state index is 6.16. The van der Waals surface area contributed by atoms with E-state index in [1.165, 1.54) is 5.56 Å². The predicted molar refractivity (Wildman–Crippen MR) is 76.8 cm³/mol. The highest BCUT2D eigenvalue weighted by atomic mass is 32.1. The SMILES string of the molecule is N[C@@H](Cc1ccccc1)c1nc(-c2cccs2)n[nH]1. The van der Waals surface area contributed by atoms with Gasteiger partial charge in [-0.1, -0.05) is 36.4 Å². The van der Waals surface area contributed by atoms with Crippen LogP contribution in [-0.4, -0.2) is 15.2 Å². The molecular formula is C14H14N4S. The number of nitrogens with two attached hydrogens (primary N) is 1. The largest absolute Gasteiger partial charge is 0.321 e. The number of thiophene rings is 1. The maximum Gasteiger partial charge on any atom is 0.191 e. The number of aromatic amines is 1. The molecule has 0 aliphatic heterocycles. The Balaban J connectivity index is 1.76. The van der Waals surface area contributed by atoms with Crippen molar-refractivity contribution in [3.63, 3.8) is 0 Å². The molecular weight excluding hydrogens is 256 g/mol. The first-order valence-electron chi connectivity index (χ1n) is 6.08. The van der Waals surface area contributed by atoms with Crippen LogP contribution in [0.2, 0.25) is 0 Å². The van der Waals surface area contributed by atoms with E-state index < -0.39 is 0 Å². The molecule has 4 nitrogen and oxygen atoms in total. The molecule has 0 bridgehead atoms. The third-order valence-corrected chi connectivity index (χ3v) is 3.76. The van der Waals surface area contributed by atoms with Crippen molar-refractivity contribution in [2.75, 3.05) is 0 Å². The zero-order valence-corrected chi connectivity index (χ0v) is 11.1. The van der Waals surface area contributed by atoms with Gasteiger partial charge in [0.2, 0.25) is 0 Å². The first-order chi connectivity index (χ1) is 9.33. The lowest BCUT2D eigenvalue weighted by atomic mass is 10.1. The minimum absolute atomic E-state index is 0.163. The van der Waals surface area contributed by atoms with Gasteiger partial charge < -0.3 is 5.73 Å². The number of hydrogen-bond donors (Lipinski definition) is 2. The van der Waals surface area contributed by atoms with Crippen molar-refractivity contribution in [3.05, 3.63) is 59.2 Å². The molecule has 3 N–H and O–H groups in total. The Morgan fingerprint density at radius 1 is 1.16 bits per heavy atom. The van der Waals surface area contributed by atoms with Crippen LogP contribution in [0.4, 0.5) is 0 Å². The third kappa shape index (κ3) is 2.72. The number of hydrogen-bond acceptors (Lipinski definition) is 4. The van der Waals surface area contributed by atoms with E-state index in [9.17, 15) is 0 Å². The fourth-order valence-electron chi connectivity index (χ4n) is 1.92. The van der Waals surface area contributed by atoms with Gasteiger partial charge in [-0.25, -0.2) is 4.98 Å². The number of H-pyrrole nitrogens is 1. The number of benzene rings is 1. The van der Waals surface area contributed by atoms with Gasteiger partial charge in [-0.3, -0.25) is 5.10 Å². The fraction of sp³-hybridized carbons (Fsp3) is 0.143. The van der Waals surface area contributed by atoms with Crippen LogP contribution in [0.5, 0.6) is 0 Å². The van der Waals surface area contributed by atoms with Gasteiger partial charge in [-0.15, -0.1) is 11.3 Å². The van der Waals surface area contributed by atoms with Gasteiger partial charge in [0, 0.05) is 0 Å². The second-order valence-corrected chi connectivity index (χ2v) is 5.27. The molecule has 0 aliphatic carbocycles. The monoisotopic (exact) mass is 270 g/mol. The Morgan fingerprint density at radius 3 is 2.74 bits per heavy atom. The van der Waals surface area contributed by atoms with Gasteiger partial charge in [0.25, 0.3) is 0 Å². The first kappa shape index (κ1) is 12.1. The molecule has 0 fully saturated rings. The van der Waals surface area contributed by atoms with Crippen molar-refractivity contribution in [2.45, 2.75) is 12.5 Å². The van der Waals surface area contributed by atoms with Crippen molar-refractivity contribution < 1.29 is 0 Å². The quantitative estimate of drug-likeness (QED) is 0.766. The third-order valence-electron chi connectivity index (χ3n) is 2.89. The summed E-state index contributed by atoms with van der Waals surface area (Å²) in [5, 5.41) is 9.16. The van der Waals surface area contributed by atoms with Gasteiger partial charge in [-0.2, -0.15) is 5.10 Å². The molecule has 96 valence electrons. The summed E-state index contributed by atoms with van der Waals surface area (Å²) in [5.74, 6) is 1.45. The molecule has 0 radical (unpaired) electrons. The van der Waals surface area contributed by atoms with Gasteiger partial charge in [0.1, 0.15) is 5.82 Å². The van der Waals surface area contributed by atoms with Crippen molar-refractivity contribution in [3.8, 4) is 10.7 Å². The van der Waals surface area contributed by atoms with Gasteiger partial charge in [0.15, 0.2) is 5.82 Å². The van der Waals surface area contributed by atoms with E-state index >= 15 is 0 Å². The van der Waals surface area contributed by atoms with E-state index in [-0.39, 0.29) is 6.04 Å². The average molecular weight is 270 g/mol. The number of nitrogens with zero attached hydrogens (tertiary/aromatic N) is 2.